The predicted molar refractivity (Wildman–Crippen MR) is 84.1 cm³/mol. The third-order valence-corrected chi connectivity index (χ3v) is 5.45. The molecule has 5 heteroatoms. The Kier molecular flexibility index (Phi) is 4.93. The third kappa shape index (κ3) is 4.05. The Morgan fingerprint density at radius 1 is 1.33 bits per heavy atom. The number of aliphatic hydroxyl groups excluding tert-OH is 1. The first kappa shape index (κ1) is 15.0. The van der Waals surface area contributed by atoms with Crippen molar-refractivity contribution in [1.82, 2.24) is 9.80 Å². The van der Waals surface area contributed by atoms with Crippen LogP contribution in [0.5, 0.6) is 0 Å². The van der Waals surface area contributed by atoms with Crippen molar-refractivity contribution in [3.8, 4) is 0 Å². The number of nitrogens with zero attached hydrogens (tertiary/aromatic N) is 2. The van der Waals surface area contributed by atoms with Crippen LogP contribution in [-0.2, 0) is 11.3 Å². The van der Waals surface area contributed by atoms with Crippen molar-refractivity contribution in [2.75, 3.05) is 26.2 Å². The van der Waals surface area contributed by atoms with Gasteiger partial charge in [-0.15, -0.1) is 11.3 Å². The van der Waals surface area contributed by atoms with Crippen molar-refractivity contribution < 1.29 is 9.90 Å². The van der Waals surface area contributed by atoms with Crippen LogP contribution in [0, 0.1) is 5.92 Å². The number of carbonyl (C=O) groups excluding carboxylic acids is 1. The Morgan fingerprint density at radius 3 is 2.86 bits per heavy atom. The molecule has 1 saturated heterocycles. The molecule has 1 aliphatic carbocycles. The standard InChI is InChI=1S/C16H24N2O2S/c19-14-10-17(12-15-5-2-8-21-15)6-7-18(11-14)16(20)9-13-3-1-4-13/h2,5,8,13-14,19H,1,3-4,6-7,9-12H2. The van der Waals surface area contributed by atoms with E-state index >= 15 is 0 Å². The number of β-amino-alcohol motifs (C(OH)–C–C–N with tert-alkyl or cyclic N) is 1. The van der Waals surface area contributed by atoms with Gasteiger partial charge in [-0.1, -0.05) is 12.5 Å². The maximum Gasteiger partial charge on any atom is 0.222 e. The van der Waals surface area contributed by atoms with E-state index in [4.69, 9.17) is 0 Å². The summed E-state index contributed by atoms with van der Waals surface area (Å²) in [5.74, 6) is 0.830. The normalized spacial score (nSPS) is 24.6. The Bertz CT molecular complexity index is 459. The van der Waals surface area contributed by atoms with Crippen molar-refractivity contribution in [1.29, 1.82) is 0 Å². The van der Waals surface area contributed by atoms with Crippen LogP contribution in [0.3, 0.4) is 0 Å². The lowest BCUT2D eigenvalue weighted by molar-refractivity contribution is -0.133. The molecular formula is C16H24N2O2S. The Balaban J connectivity index is 1.53. The molecule has 1 amide bonds. The van der Waals surface area contributed by atoms with E-state index in [1.165, 1.54) is 24.1 Å². The molecule has 2 fully saturated rings. The molecule has 1 saturated carbocycles. The van der Waals surface area contributed by atoms with E-state index in [0.29, 0.717) is 25.4 Å². The Hall–Kier alpha value is -0.910. The molecule has 0 radical (unpaired) electrons. The minimum absolute atomic E-state index is 0.233. The largest absolute Gasteiger partial charge is 0.390 e. The Labute approximate surface area is 130 Å². The second-order valence-electron chi connectivity index (χ2n) is 6.31. The predicted octanol–water partition coefficient (Wildman–Crippen LogP) is 1.94. The summed E-state index contributed by atoms with van der Waals surface area (Å²) in [6, 6.07) is 4.18. The van der Waals surface area contributed by atoms with E-state index in [9.17, 15) is 9.90 Å². The van der Waals surface area contributed by atoms with E-state index < -0.39 is 6.10 Å². The molecule has 0 spiro atoms. The van der Waals surface area contributed by atoms with Crippen LogP contribution in [0.2, 0.25) is 0 Å². The van der Waals surface area contributed by atoms with Gasteiger partial charge < -0.3 is 10.0 Å². The number of rotatable bonds is 4. The lowest BCUT2D eigenvalue weighted by atomic mass is 9.82. The average Bonchev–Trinajstić information content (AvgIpc) is 2.83. The van der Waals surface area contributed by atoms with Gasteiger partial charge in [0.2, 0.25) is 5.91 Å². The summed E-state index contributed by atoms with van der Waals surface area (Å²) < 4.78 is 0. The second kappa shape index (κ2) is 6.90. The number of carbonyl (C=O) groups is 1. The van der Waals surface area contributed by atoms with Crippen molar-refractivity contribution in [3.05, 3.63) is 22.4 Å². The molecule has 1 unspecified atom stereocenters. The molecule has 0 bridgehead atoms. The van der Waals surface area contributed by atoms with E-state index in [1.54, 1.807) is 11.3 Å². The summed E-state index contributed by atoms with van der Waals surface area (Å²) >= 11 is 1.75. The zero-order valence-electron chi connectivity index (χ0n) is 12.4. The summed E-state index contributed by atoms with van der Waals surface area (Å²) in [6.45, 7) is 3.62. The molecule has 1 aromatic rings. The van der Waals surface area contributed by atoms with Gasteiger partial charge in [0.15, 0.2) is 0 Å². The summed E-state index contributed by atoms with van der Waals surface area (Å²) in [6.07, 6.45) is 3.92. The van der Waals surface area contributed by atoms with Crippen LogP contribution >= 0.6 is 11.3 Å². The summed E-state index contributed by atoms with van der Waals surface area (Å²) in [4.78, 5) is 17.8. The minimum Gasteiger partial charge on any atom is -0.390 e. The van der Waals surface area contributed by atoms with Crippen LogP contribution in [0.15, 0.2) is 17.5 Å². The highest BCUT2D eigenvalue weighted by Gasteiger charge is 2.27. The van der Waals surface area contributed by atoms with Gasteiger partial charge in [-0.05, 0) is 30.2 Å². The lowest BCUT2D eigenvalue weighted by Gasteiger charge is -2.28. The van der Waals surface area contributed by atoms with E-state index in [0.717, 1.165) is 19.6 Å². The summed E-state index contributed by atoms with van der Waals surface area (Å²) in [7, 11) is 0. The molecule has 2 aliphatic rings. The number of thiophene rings is 1. The van der Waals surface area contributed by atoms with Crippen molar-refractivity contribution in [2.24, 2.45) is 5.92 Å². The van der Waals surface area contributed by atoms with Gasteiger partial charge in [-0.25, -0.2) is 0 Å². The van der Waals surface area contributed by atoms with Gasteiger partial charge in [-0.3, -0.25) is 9.69 Å². The summed E-state index contributed by atoms with van der Waals surface area (Å²) in [5, 5.41) is 12.3. The maximum atomic E-state index is 12.3. The first-order valence-electron chi connectivity index (χ1n) is 7.91. The molecule has 3 rings (SSSR count). The fourth-order valence-corrected chi connectivity index (χ4v) is 3.87. The number of aliphatic hydroxyl groups is 1. The van der Waals surface area contributed by atoms with Crippen molar-refractivity contribution in [2.45, 2.75) is 38.3 Å². The zero-order chi connectivity index (χ0) is 14.7. The van der Waals surface area contributed by atoms with E-state index in [-0.39, 0.29) is 5.91 Å². The van der Waals surface area contributed by atoms with E-state index in [1.807, 2.05) is 4.90 Å². The van der Waals surface area contributed by atoms with Crippen molar-refractivity contribution >= 4 is 17.2 Å². The molecule has 2 heterocycles. The van der Waals surface area contributed by atoms with Gasteiger partial charge in [0.1, 0.15) is 0 Å². The highest BCUT2D eigenvalue weighted by Crippen LogP contribution is 2.30. The molecule has 0 aromatic carbocycles. The lowest BCUT2D eigenvalue weighted by Crippen LogP contribution is -2.39. The van der Waals surface area contributed by atoms with Crippen LogP contribution in [0.25, 0.3) is 0 Å². The smallest absolute Gasteiger partial charge is 0.222 e. The second-order valence-corrected chi connectivity index (χ2v) is 7.34. The molecule has 1 N–H and O–H groups in total. The number of amides is 1. The van der Waals surface area contributed by atoms with Crippen LogP contribution < -0.4 is 0 Å². The molecule has 21 heavy (non-hydrogen) atoms. The van der Waals surface area contributed by atoms with Crippen LogP contribution in [0.1, 0.15) is 30.6 Å². The minimum atomic E-state index is -0.433. The van der Waals surface area contributed by atoms with Crippen molar-refractivity contribution in [3.63, 3.8) is 0 Å². The van der Waals surface area contributed by atoms with Crippen LogP contribution in [-0.4, -0.2) is 53.1 Å². The van der Waals surface area contributed by atoms with Crippen LogP contribution in [0.4, 0.5) is 0 Å². The molecule has 1 aliphatic heterocycles. The highest BCUT2D eigenvalue weighted by atomic mass is 32.1. The number of hydrogen-bond donors (Lipinski definition) is 1. The van der Waals surface area contributed by atoms with Gasteiger partial charge >= 0.3 is 0 Å². The maximum absolute atomic E-state index is 12.3. The fraction of sp³-hybridized carbons (Fsp3) is 0.688. The monoisotopic (exact) mass is 308 g/mol. The molecular weight excluding hydrogens is 284 g/mol. The molecule has 4 nitrogen and oxygen atoms in total. The molecule has 1 aromatic heterocycles. The quantitative estimate of drug-likeness (QED) is 0.924. The fourth-order valence-electron chi connectivity index (χ4n) is 3.12. The number of hydrogen-bond acceptors (Lipinski definition) is 4. The SMILES string of the molecule is O=C(CC1CCC1)N1CCN(Cc2cccs2)CC(O)C1. The first-order valence-corrected chi connectivity index (χ1v) is 8.79. The molecule has 1 atom stereocenters. The molecule has 116 valence electrons. The average molecular weight is 308 g/mol. The topological polar surface area (TPSA) is 43.8 Å². The van der Waals surface area contributed by atoms with Gasteiger partial charge in [0.25, 0.3) is 0 Å². The van der Waals surface area contributed by atoms with Gasteiger partial charge in [-0.2, -0.15) is 0 Å². The van der Waals surface area contributed by atoms with E-state index in [2.05, 4.69) is 22.4 Å². The van der Waals surface area contributed by atoms with Gasteiger partial charge in [0.05, 0.1) is 6.10 Å². The summed E-state index contributed by atoms with van der Waals surface area (Å²) in [5.41, 5.74) is 0. The highest BCUT2D eigenvalue weighted by molar-refractivity contribution is 7.09. The zero-order valence-corrected chi connectivity index (χ0v) is 13.2. The Morgan fingerprint density at radius 2 is 2.19 bits per heavy atom. The first-order chi connectivity index (χ1) is 10.2. The van der Waals surface area contributed by atoms with Gasteiger partial charge in [0, 0.05) is 44.0 Å². The third-order valence-electron chi connectivity index (χ3n) is 4.59.